The zero-order chi connectivity index (χ0) is 23.7. The molecular formula is C29H38N2O2. The lowest BCUT2D eigenvalue weighted by molar-refractivity contribution is 0.0281. The van der Waals surface area contributed by atoms with Gasteiger partial charge in [0.1, 0.15) is 28.7 Å². The summed E-state index contributed by atoms with van der Waals surface area (Å²) >= 11 is 0. The van der Waals surface area contributed by atoms with Crippen LogP contribution in [0.1, 0.15) is 90.4 Å². The summed E-state index contributed by atoms with van der Waals surface area (Å²) in [5, 5.41) is 0. The third-order valence-corrected chi connectivity index (χ3v) is 7.78. The highest BCUT2D eigenvalue weighted by molar-refractivity contribution is 6.06. The van der Waals surface area contributed by atoms with Gasteiger partial charge in [-0.3, -0.25) is 0 Å². The Hall–Kier alpha value is -2.62. The second-order valence-electron chi connectivity index (χ2n) is 9.87. The highest BCUT2D eigenvalue weighted by Crippen LogP contribution is 2.50. The Bertz CT molecular complexity index is 921. The van der Waals surface area contributed by atoms with Crippen LogP contribution in [0.2, 0.25) is 0 Å². The van der Waals surface area contributed by atoms with Crippen molar-refractivity contribution in [1.29, 1.82) is 0 Å². The smallest absolute Gasteiger partial charge is 0.200 e. The molecule has 2 aliphatic rings. The highest BCUT2D eigenvalue weighted by Gasteiger charge is 2.54. The maximum absolute atomic E-state index is 6.76. The van der Waals surface area contributed by atoms with Crippen molar-refractivity contribution in [2.45, 2.75) is 90.5 Å². The summed E-state index contributed by atoms with van der Waals surface area (Å²) < 4.78 is 13.5. The van der Waals surface area contributed by atoms with Crippen LogP contribution in [0.4, 0.5) is 0 Å². The summed E-state index contributed by atoms with van der Waals surface area (Å²) in [4.78, 5) is 10.4. The standard InChI is InChI=1S/C29H38N2O2/c1-7-28(8-2)23(21-17-13-11-14-18-21)30-25(32-28)27(5,6)26-31-24(22-19-15-12-16-20-22)29(9-3,10-4)33-26/h11-20,23-24H,7-10H2,1-6H3/t23-,24-/m1/s1. The molecule has 2 aromatic carbocycles. The van der Waals surface area contributed by atoms with E-state index in [-0.39, 0.29) is 23.3 Å². The Morgan fingerprint density at radius 3 is 1.27 bits per heavy atom. The Morgan fingerprint density at radius 1 is 0.636 bits per heavy atom. The van der Waals surface area contributed by atoms with E-state index in [0.29, 0.717) is 0 Å². The fourth-order valence-electron chi connectivity index (χ4n) is 5.28. The van der Waals surface area contributed by atoms with Crippen LogP contribution in [0, 0.1) is 5.41 Å². The van der Waals surface area contributed by atoms with Crippen molar-refractivity contribution in [3.8, 4) is 0 Å². The molecule has 0 saturated heterocycles. The van der Waals surface area contributed by atoms with Crippen LogP contribution in [0.15, 0.2) is 70.6 Å². The van der Waals surface area contributed by atoms with Gasteiger partial charge in [0.25, 0.3) is 0 Å². The molecule has 0 aromatic heterocycles. The average Bonchev–Trinajstić information content (AvgIpc) is 3.46. The van der Waals surface area contributed by atoms with Gasteiger partial charge in [-0.1, -0.05) is 88.4 Å². The molecule has 4 nitrogen and oxygen atoms in total. The van der Waals surface area contributed by atoms with Crippen LogP contribution in [0.3, 0.4) is 0 Å². The second kappa shape index (κ2) is 8.96. The van der Waals surface area contributed by atoms with Gasteiger partial charge in [-0.15, -0.1) is 0 Å². The molecule has 0 radical (unpaired) electrons. The summed E-state index contributed by atoms with van der Waals surface area (Å²) in [6.45, 7) is 13.0. The van der Waals surface area contributed by atoms with E-state index in [1.54, 1.807) is 0 Å². The van der Waals surface area contributed by atoms with Gasteiger partial charge in [-0.05, 0) is 50.7 Å². The zero-order valence-electron chi connectivity index (χ0n) is 21.0. The van der Waals surface area contributed by atoms with E-state index in [0.717, 1.165) is 37.5 Å². The van der Waals surface area contributed by atoms with Gasteiger partial charge >= 0.3 is 0 Å². The van der Waals surface area contributed by atoms with Gasteiger partial charge in [-0.25, -0.2) is 9.98 Å². The lowest BCUT2D eigenvalue weighted by Gasteiger charge is -2.35. The molecule has 0 fully saturated rings. The zero-order valence-corrected chi connectivity index (χ0v) is 21.0. The van der Waals surface area contributed by atoms with Crippen LogP contribution in [-0.2, 0) is 9.47 Å². The fraction of sp³-hybridized carbons (Fsp3) is 0.517. The van der Waals surface area contributed by atoms with Crippen molar-refractivity contribution >= 4 is 11.8 Å². The number of nitrogens with zero attached hydrogens (tertiary/aromatic N) is 2. The molecule has 33 heavy (non-hydrogen) atoms. The largest absolute Gasteiger partial charge is 0.471 e. The number of hydrogen-bond acceptors (Lipinski definition) is 4. The van der Waals surface area contributed by atoms with Crippen LogP contribution in [0.25, 0.3) is 0 Å². The number of ether oxygens (including phenoxy) is 2. The van der Waals surface area contributed by atoms with Crippen LogP contribution in [0.5, 0.6) is 0 Å². The van der Waals surface area contributed by atoms with Crippen LogP contribution >= 0.6 is 0 Å². The third-order valence-electron chi connectivity index (χ3n) is 7.78. The van der Waals surface area contributed by atoms with Crippen LogP contribution < -0.4 is 0 Å². The highest BCUT2D eigenvalue weighted by atomic mass is 16.5. The first kappa shape index (κ1) is 23.5. The summed E-state index contributed by atoms with van der Waals surface area (Å²) in [7, 11) is 0. The lowest BCUT2D eigenvalue weighted by atomic mass is 9.85. The predicted octanol–water partition coefficient (Wildman–Crippen LogP) is 7.47. The van der Waals surface area contributed by atoms with Crippen molar-refractivity contribution in [1.82, 2.24) is 0 Å². The Balaban J connectivity index is 1.74. The molecule has 2 heterocycles. The van der Waals surface area contributed by atoms with Crippen molar-refractivity contribution in [3.63, 3.8) is 0 Å². The Kier molecular flexibility index (Phi) is 6.39. The average molecular weight is 447 g/mol. The van der Waals surface area contributed by atoms with Gasteiger partial charge in [0.2, 0.25) is 0 Å². The molecule has 176 valence electrons. The minimum Gasteiger partial charge on any atom is -0.471 e. The molecule has 2 aliphatic heterocycles. The molecule has 0 N–H and O–H groups in total. The van der Waals surface area contributed by atoms with Crippen molar-refractivity contribution in [2.75, 3.05) is 0 Å². The molecule has 0 unspecified atom stereocenters. The van der Waals surface area contributed by atoms with E-state index < -0.39 is 5.41 Å². The molecule has 0 amide bonds. The first-order valence-corrected chi connectivity index (χ1v) is 12.5. The molecule has 0 saturated carbocycles. The van der Waals surface area contributed by atoms with E-state index in [1.165, 1.54) is 11.1 Å². The molecular weight excluding hydrogens is 408 g/mol. The van der Waals surface area contributed by atoms with Crippen molar-refractivity contribution in [2.24, 2.45) is 15.4 Å². The molecule has 4 heteroatoms. The SMILES string of the molecule is CCC1(CC)OC(C(C)(C)C2=N[C@H](c3ccccc3)C(CC)(CC)O2)=N[C@@H]1c1ccccc1. The van der Waals surface area contributed by atoms with E-state index >= 15 is 0 Å². The van der Waals surface area contributed by atoms with Gasteiger partial charge in [0, 0.05) is 0 Å². The molecule has 4 rings (SSSR count). The molecule has 0 spiro atoms. The summed E-state index contributed by atoms with van der Waals surface area (Å²) in [6.07, 6.45) is 3.56. The van der Waals surface area contributed by atoms with Crippen LogP contribution in [-0.4, -0.2) is 23.0 Å². The number of hydrogen-bond donors (Lipinski definition) is 0. The van der Waals surface area contributed by atoms with Crippen molar-refractivity contribution < 1.29 is 9.47 Å². The number of benzene rings is 2. The second-order valence-corrected chi connectivity index (χ2v) is 9.87. The topological polar surface area (TPSA) is 43.2 Å². The predicted molar refractivity (Wildman–Crippen MR) is 136 cm³/mol. The first-order valence-electron chi connectivity index (χ1n) is 12.5. The summed E-state index contributed by atoms with van der Waals surface area (Å²) in [6, 6.07) is 21.0. The molecule has 2 atom stereocenters. The van der Waals surface area contributed by atoms with Gasteiger partial charge in [-0.2, -0.15) is 0 Å². The molecule has 2 aromatic rings. The number of rotatable bonds is 8. The Labute approximate surface area is 199 Å². The third kappa shape index (κ3) is 3.88. The van der Waals surface area contributed by atoms with E-state index in [2.05, 4.69) is 90.1 Å². The van der Waals surface area contributed by atoms with E-state index in [9.17, 15) is 0 Å². The fourth-order valence-corrected chi connectivity index (χ4v) is 5.28. The lowest BCUT2D eigenvalue weighted by Crippen LogP contribution is -2.42. The maximum Gasteiger partial charge on any atom is 0.200 e. The minimum atomic E-state index is -0.557. The monoisotopic (exact) mass is 446 g/mol. The van der Waals surface area contributed by atoms with E-state index in [4.69, 9.17) is 19.5 Å². The van der Waals surface area contributed by atoms with Gasteiger partial charge < -0.3 is 9.47 Å². The quantitative estimate of drug-likeness (QED) is 0.422. The maximum atomic E-state index is 6.76. The van der Waals surface area contributed by atoms with Crippen molar-refractivity contribution in [3.05, 3.63) is 71.8 Å². The van der Waals surface area contributed by atoms with Gasteiger partial charge in [0.15, 0.2) is 11.8 Å². The molecule has 0 aliphatic carbocycles. The summed E-state index contributed by atoms with van der Waals surface area (Å²) in [5.41, 5.74) is 1.13. The van der Waals surface area contributed by atoms with E-state index in [1.807, 2.05) is 12.1 Å². The summed E-state index contributed by atoms with van der Waals surface area (Å²) in [5.74, 6) is 1.46. The Morgan fingerprint density at radius 2 is 0.970 bits per heavy atom. The molecule has 0 bridgehead atoms. The normalized spacial score (nSPS) is 23.5. The number of aliphatic imine (C=N–C) groups is 2. The van der Waals surface area contributed by atoms with Gasteiger partial charge in [0.05, 0.1) is 0 Å². The minimum absolute atomic E-state index is 0.0306. The first-order chi connectivity index (χ1) is 15.9.